The molecule has 3 rings (SSSR count). The lowest BCUT2D eigenvalue weighted by Crippen LogP contribution is -1.89. The van der Waals surface area contributed by atoms with E-state index in [0.29, 0.717) is 15.9 Å². The molecule has 0 saturated heterocycles. The molecular weight excluding hydrogens is 295 g/mol. The number of hydrogen-bond donors (Lipinski definition) is 2. The van der Waals surface area contributed by atoms with Gasteiger partial charge in [-0.1, -0.05) is 29.3 Å². The lowest BCUT2D eigenvalue weighted by molar-refractivity contribution is 1.10. The van der Waals surface area contributed by atoms with E-state index < -0.39 is 0 Å². The second-order valence-corrected chi connectivity index (χ2v) is 5.04. The van der Waals surface area contributed by atoms with Gasteiger partial charge in [-0.2, -0.15) is 5.10 Å². The molecule has 0 unspecified atom stereocenters. The van der Waals surface area contributed by atoms with Crippen molar-refractivity contribution in [2.24, 2.45) is 0 Å². The minimum atomic E-state index is 0.428. The number of aromatic nitrogens is 3. The highest BCUT2D eigenvalue weighted by Crippen LogP contribution is 2.36. The maximum Gasteiger partial charge on any atom is 0.153 e. The quantitative estimate of drug-likeness (QED) is 0.751. The first-order chi connectivity index (χ1) is 9.66. The van der Waals surface area contributed by atoms with Crippen LogP contribution in [-0.4, -0.2) is 15.2 Å². The van der Waals surface area contributed by atoms with Crippen LogP contribution < -0.4 is 5.73 Å². The Labute approximate surface area is 125 Å². The molecule has 0 spiro atoms. The zero-order chi connectivity index (χ0) is 14.1. The number of aromatic amines is 1. The molecule has 0 fully saturated rings. The Kier molecular flexibility index (Phi) is 3.34. The van der Waals surface area contributed by atoms with Crippen LogP contribution in [0.25, 0.3) is 22.4 Å². The van der Waals surface area contributed by atoms with Gasteiger partial charge in [-0.25, -0.2) is 0 Å². The van der Waals surface area contributed by atoms with E-state index in [9.17, 15) is 0 Å². The monoisotopic (exact) mass is 304 g/mol. The van der Waals surface area contributed by atoms with E-state index in [2.05, 4.69) is 15.2 Å². The number of pyridine rings is 1. The van der Waals surface area contributed by atoms with Crippen LogP contribution in [0.3, 0.4) is 0 Å². The van der Waals surface area contributed by atoms with E-state index >= 15 is 0 Å². The summed E-state index contributed by atoms with van der Waals surface area (Å²) in [7, 11) is 0. The molecule has 0 aliphatic rings. The van der Waals surface area contributed by atoms with Crippen LogP contribution in [0.1, 0.15) is 0 Å². The van der Waals surface area contributed by atoms with E-state index in [1.807, 2.05) is 18.2 Å². The average molecular weight is 305 g/mol. The summed E-state index contributed by atoms with van der Waals surface area (Å²) in [5.41, 5.74) is 9.39. The number of rotatable bonds is 2. The summed E-state index contributed by atoms with van der Waals surface area (Å²) in [5.74, 6) is 0.428. The number of nitrogens with zero attached hydrogens (tertiary/aromatic N) is 2. The summed E-state index contributed by atoms with van der Waals surface area (Å²) in [6, 6.07) is 9.14. The Balaban J connectivity index is 2.18. The first kappa shape index (κ1) is 13.0. The van der Waals surface area contributed by atoms with Crippen LogP contribution in [0, 0.1) is 0 Å². The number of halogens is 2. The van der Waals surface area contributed by atoms with Gasteiger partial charge in [0, 0.05) is 18.0 Å². The minimum absolute atomic E-state index is 0.428. The Morgan fingerprint density at radius 1 is 0.950 bits per heavy atom. The number of nitrogens with one attached hydrogen (secondary N) is 1. The highest BCUT2D eigenvalue weighted by molar-refractivity contribution is 6.42. The van der Waals surface area contributed by atoms with Gasteiger partial charge in [-0.3, -0.25) is 10.1 Å². The van der Waals surface area contributed by atoms with E-state index in [4.69, 9.17) is 28.9 Å². The Hall–Kier alpha value is -2.04. The highest BCUT2D eigenvalue weighted by atomic mass is 35.5. The molecule has 3 N–H and O–H groups in total. The van der Waals surface area contributed by atoms with Crippen molar-refractivity contribution >= 4 is 29.0 Å². The molecule has 3 aromatic rings. The number of H-pyrrole nitrogens is 1. The van der Waals surface area contributed by atoms with Crippen molar-refractivity contribution in [1.82, 2.24) is 15.2 Å². The molecule has 2 heterocycles. The van der Waals surface area contributed by atoms with E-state index in [1.165, 1.54) is 0 Å². The normalized spacial score (nSPS) is 10.7. The predicted octanol–water partition coefficient (Wildman–Crippen LogP) is 4.03. The van der Waals surface area contributed by atoms with Gasteiger partial charge in [0.25, 0.3) is 0 Å². The maximum absolute atomic E-state index is 6.06. The second kappa shape index (κ2) is 5.15. The van der Waals surface area contributed by atoms with Gasteiger partial charge in [-0.05, 0) is 29.8 Å². The van der Waals surface area contributed by atoms with Crippen molar-refractivity contribution in [1.29, 1.82) is 0 Å². The number of benzene rings is 1. The third-order valence-corrected chi connectivity index (χ3v) is 3.71. The Morgan fingerprint density at radius 3 is 2.40 bits per heavy atom. The van der Waals surface area contributed by atoms with Gasteiger partial charge in [0.15, 0.2) is 5.82 Å². The first-order valence-electron chi connectivity index (χ1n) is 5.86. The van der Waals surface area contributed by atoms with E-state index in [-0.39, 0.29) is 0 Å². The molecule has 6 heteroatoms. The average Bonchev–Trinajstić information content (AvgIpc) is 2.85. The molecule has 0 atom stereocenters. The molecule has 100 valence electrons. The largest absolute Gasteiger partial charge is 0.382 e. The minimum Gasteiger partial charge on any atom is -0.382 e. The molecule has 0 bridgehead atoms. The van der Waals surface area contributed by atoms with Crippen molar-refractivity contribution in [2.45, 2.75) is 0 Å². The van der Waals surface area contributed by atoms with E-state index in [0.717, 1.165) is 22.4 Å². The molecule has 0 saturated carbocycles. The van der Waals surface area contributed by atoms with Crippen LogP contribution in [0.15, 0.2) is 42.7 Å². The van der Waals surface area contributed by atoms with Gasteiger partial charge >= 0.3 is 0 Å². The van der Waals surface area contributed by atoms with Gasteiger partial charge in [0.1, 0.15) is 0 Å². The van der Waals surface area contributed by atoms with Gasteiger partial charge in [0.05, 0.1) is 21.3 Å². The fourth-order valence-electron chi connectivity index (χ4n) is 2.03. The van der Waals surface area contributed by atoms with Crippen LogP contribution in [-0.2, 0) is 0 Å². The molecule has 1 aromatic carbocycles. The maximum atomic E-state index is 6.06. The summed E-state index contributed by atoms with van der Waals surface area (Å²) in [6.07, 6.45) is 3.42. The standard InChI is InChI=1S/C14H10Cl2N4/c15-10-2-1-9(7-11(10)16)13-12(14(17)20-19-13)8-3-5-18-6-4-8/h1-7H,(H3,17,19,20). The van der Waals surface area contributed by atoms with Crippen molar-refractivity contribution in [3.05, 3.63) is 52.8 Å². The zero-order valence-corrected chi connectivity index (χ0v) is 11.8. The van der Waals surface area contributed by atoms with E-state index in [1.54, 1.807) is 24.5 Å². The Bertz CT molecular complexity index is 753. The SMILES string of the molecule is Nc1n[nH]c(-c2ccc(Cl)c(Cl)c2)c1-c1ccncc1. The first-order valence-corrected chi connectivity index (χ1v) is 6.62. The van der Waals surface area contributed by atoms with Gasteiger partial charge in [-0.15, -0.1) is 0 Å². The fourth-order valence-corrected chi connectivity index (χ4v) is 2.33. The lowest BCUT2D eigenvalue weighted by Gasteiger charge is -2.05. The summed E-state index contributed by atoms with van der Waals surface area (Å²) >= 11 is 12.0. The summed E-state index contributed by atoms with van der Waals surface area (Å²) in [4.78, 5) is 4.00. The Morgan fingerprint density at radius 2 is 1.70 bits per heavy atom. The third-order valence-electron chi connectivity index (χ3n) is 2.97. The second-order valence-electron chi connectivity index (χ2n) is 4.22. The smallest absolute Gasteiger partial charge is 0.153 e. The number of hydrogen-bond acceptors (Lipinski definition) is 3. The molecular formula is C14H10Cl2N4. The van der Waals surface area contributed by atoms with Crippen molar-refractivity contribution in [2.75, 3.05) is 5.73 Å². The van der Waals surface area contributed by atoms with Crippen molar-refractivity contribution in [3.63, 3.8) is 0 Å². The van der Waals surface area contributed by atoms with Crippen LogP contribution in [0.5, 0.6) is 0 Å². The third kappa shape index (κ3) is 2.24. The molecule has 0 aliphatic carbocycles. The van der Waals surface area contributed by atoms with Gasteiger partial charge < -0.3 is 5.73 Å². The van der Waals surface area contributed by atoms with Crippen molar-refractivity contribution < 1.29 is 0 Å². The van der Waals surface area contributed by atoms with Crippen LogP contribution in [0.2, 0.25) is 10.0 Å². The lowest BCUT2D eigenvalue weighted by atomic mass is 10.0. The predicted molar refractivity (Wildman–Crippen MR) is 81.7 cm³/mol. The van der Waals surface area contributed by atoms with Gasteiger partial charge in [0.2, 0.25) is 0 Å². The number of nitrogen functional groups attached to an aromatic ring is 1. The fraction of sp³-hybridized carbons (Fsp3) is 0. The zero-order valence-electron chi connectivity index (χ0n) is 10.3. The highest BCUT2D eigenvalue weighted by Gasteiger charge is 2.15. The summed E-state index contributed by atoms with van der Waals surface area (Å²) < 4.78 is 0. The van der Waals surface area contributed by atoms with Crippen molar-refractivity contribution in [3.8, 4) is 22.4 Å². The number of anilines is 1. The molecule has 0 aliphatic heterocycles. The number of nitrogens with two attached hydrogens (primary N) is 1. The molecule has 20 heavy (non-hydrogen) atoms. The topological polar surface area (TPSA) is 67.6 Å². The summed E-state index contributed by atoms with van der Waals surface area (Å²) in [5, 5.41) is 8.01. The van der Waals surface area contributed by atoms with Crippen LogP contribution >= 0.6 is 23.2 Å². The molecule has 2 aromatic heterocycles. The molecule has 4 nitrogen and oxygen atoms in total. The molecule has 0 radical (unpaired) electrons. The van der Waals surface area contributed by atoms with Crippen LogP contribution in [0.4, 0.5) is 5.82 Å². The molecule has 0 amide bonds. The summed E-state index contributed by atoms with van der Waals surface area (Å²) in [6.45, 7) is 0.